The molecule has 1 aliphatic carbocycles. The van der Waals surface area contributed by atoms with Gasteiger partial charge in [-0.05, 0) is 43.0 Å². The first-order valence-corrected chi connectivity index (χ1v) is 9.43. The van der Waals surface area contributed by atoms with Gasteiger partial charge in [0, 0.05) is 12.0 Å². The number of hydrogen-bond donors (Lipinski definition) is 1. The number of amides is 1. The summed E-state index contributed by atoms with van der Waals surface area (Å²) in [4.78, 5) is 12.3. The molecular formula is C23H27NO3. The lowest BCUT2D eigenvalue weighted by atomic mass is 9.64. The summed E-state index contributed by atoms with van der Waals surface area (Å²) < 4.78 is 11.1. The van der Waals surface area contributed by atoms with Crippen molar-refractivity contribution >= 4 is 12.0 Å². The summed E-state index contributed by atoms with van der Waals surface area (Å²) in [5.74, 6) is 1.08. The zero-order valence-corrected chi connectivity index (χ0v) is 16.0. The smallest absolute Gasteiger partial charge is 0.257 e. The Balaban J connectivity index is 1.56. The third-order valence-corrected chi connectivity index (χ3v) is 5.23. The maximum absolute atomic E-state index is 12.3. The molecule has 0 bridgehead atoms. The van der Waals surface area contributed by atoms with Crippen LogP contribution in [-0.4, -0.2) is 26.2 Å². The fourth-order valence-corrected chi connectivity index (χ4v) is 3.52. The van der Waals surface area contributed by atoms with Gasteiger partial charge in [-0.1, -0.05) is 55.0 Å². The van der Waals surface area contributed by atoms with Crippen molar-refractivity contribution in [1.82, 2.24) is 5.32 Å². The molecule has 4 nitrogen and oxygen atoms in total. The number of nitrogens with one attached hydrogen (secondary N) is 1. The number of ether oxygens (including phenoxy) is 2. The van der Waals surface area contributed by atoms with Gasteiger partial charge in [0.25, 0.3) is 5.91 Å². The molecule has 142 valence electrons. The van der Waals surface area contributed by atoms with Crippen LogP contribution in [0.1, 0.15) is 37.3 Å². The Labute approximate surface area is 161 Å². The molecule has 0 aliphatic heterocycles. The Kier molecular flexibility index (Phi) is 6.17. The van der Waals surface area contributed by atoms with E-state index in [0.29, 0.717) is 18.0 Å². The predicted octanol–water partition coefficient (Wildman–Crippen LogP) is 4.35. The largest absolute Gasteiger partial charge is 0.493 e. The van der Waals surface area contributed by atoms with Crippen LogP contribution in [0.15, 0.2) is 54.6 Å². The van der Waals surface area contributed by atoms with Crippen molar-refractivity contribution < 1.29 is 14.3 Å². The molecule has 0 heterocycles. The second-order valence-corrected chi connectivity index (χ2v) is 6.98. The standard InChI is InChI=1S/C23H27NO3/c1-3-8-18-11-12-20(21(15-18)26-2)27-16-22(25)24-17-23(13-7-14-23)19-9-5-4-6-10-19/h3-6,8-12,15H,7,13-14,16-17H2,1-2H3,(H,24,25)/b8-3+. The van der Waals surface area contributed by atoms with Crippen LogP contribution in [0, 0.1) is 0 Å². The van der Waals surface area contributed by atoms with Crippen molar-refractivity contribution in [2.45, 2.75) is 31.6 Å². The quantitative estimate of drug-likeness (QED) is 0.757. The van der Waals surface area contributed by atoms with E-state index in [1.165, 1.54) is 12.0 Å². The maximum Gasteiger partial charge on any atom is 0.257 e. The molecule has 2 aromatic carbocycles. The van der Waals surface area contributed by atoms with Crippen LogP contribution >= 0.6 is 0 Å². The van der Waals surface area contributed by atoms with E-state index in [-0.39, 0.29) is 17.9 Å². The normalized spacial score (nSPS) is 15.2. The van der Waals surface area contributed by atoms with Gasteiger partial charge in [-0.2, -0.15) is 0 Å². The van der Waals surface area contributed by atoms with E-state index in [4.69, 9.17) is 9.47 Å². The molecule has 0 spiro atoms. The van der Waals surface area contributed by atoms with Gasteiger partial charge in [-0.25, -0.2) is 0 Å². The van der Waals surface area contributed by atoms with Crippen LogP contribution in [0.25, 0.3) is 6.08 Å². The Morgan fingerprint density at radius 3 is 2.56 bits per heavy atom. The zero-order chi connectivity index (χ0) is 19.1. The SMILES string of the molecule is C/C=C/c1ccc(OCC(=O)NCC2(c3ccccc3)CCC2)c(OC)c1. The number of hydrogen-bond acceptors (Lipinski definition) is 3. The van der Waals surface area contributed by atoms with E-state index in [9.17, 15) is 4.79 Å². The van der Waals surface area contributed by atoms with Gasteiger partial charge in [0.05, 0.1) is 7.11 Å². The molecule has 1 N–H and O–H groups in total. The van der Waals surface area contributed by atoms with Gasteiger partial charge in [-0.15, -0.1) is 0 Å². The highest BCUT2D eigenvalue weighted by Crippen LogP contribution is 2.43. The van der Waals surface area contributed by atoms with Gasteiger partial charge >= 0.3 is 0 Å². The summed E-state index contributed by atoms with van der Waals surface area (Å²) >= 11 is 0. The molecule has 1 amide bonds. The van der Waals surface area contributed by atoms with E-state index in [1.807, 2.05) is 43.3 Å². The molecule has 1 saturated carbocycles. The number of benzene rings is 2. The van der Waals surface area contributed by atoms with Crippen molar-refractivity contribution in [1.29, 1.82) is 0 Å². The number of carbonyl (C=O) groups excluding carboxylic acids is 1. The van der Waals surface area contributed by atoms with Crippen LogP contribution in [0.4, 0.5) is 0 Å². The number of allylic oxidation sites excluding steroid dienone is 1. The number of carbonyl (C=O) groups is 1. The van der Waals surface area contributed by atoms with Gasteiger partial charge in [0.1, 0.15) is 0 Å². The predicted molar refractivity (Wildman–Crippen MR) is 108 cm³/mol. The van der Waals surface area contributed by atoms with E-state index in [0.717, 1.165) is 18.4 Å². The Morgan fingerprint density at radius 1 is 1.15 bits per heavy atom. The Bertz CT molecular complexity index is 795. The van der Waals surface area contributed by atoms with Gasteiger partial charge in [0.2, 0.25) is 0 Å². The molecule has 3 rings (SSSR count). The molecule has 27 heavy (non-hydrogen) atoms. The van der Waals surface area contributed by atoms with Crippen molar-refractivity contribution in [3.05, 3.63) is 65.7 Å². The van der Waals surface area contributed by atoms with E-state index in [2.05, 4.69) is 29.6 Å². The van der Waals surface area contributed by atoms with E-state index >= 15 is 0 Å². The summed E-state index contributed by atoms with van der Waals surface area (Å²) in [6.07, 6.45) is 7.38. The second kappa shape index (κ2) is 8.76. The van der Waals surface area contributed by atoms with Crippen LogP contribution in [0.5, 0.6) is 11.5 Å². The molecule has 0 unspecified atom stereocenters. The molecule has 2 aromatic rings. The third-order valence-electron chi connectivity index (χ3n) is 5.23. The van der Waals surface area contributed by atoms with E-state index < -0.39 is 0 Å². The minimum atomic E-state index is -0.114. The molecule has 0 aromatic heterocycles. The summed E-state index contributed by atoms with van der Waals surface area (Å²) in [6.45, 7) is 2.59. The van der Waals surface area contributed by atoms with Crippen molar-refractivity contribution in [3.63, 3.8) is 0 Å². The van der Waals surface area contributed by atoms with Crippen molar-refractivity contribution in [2.24, 2.45) is 0 Å². The highest BCUT2D eigenvalue weighted by Gasteiger charge is 2.38. The number of methoxy groups -OCH3 is 1. The monoisotopic (exact) mass is 365 g/mol. The first-order chi connectivity index (χ1) is 13.2. The Morgan fingerprint density at radius 2 is 1.93 bits per heavy atom. The van der Waals surface area contributed by atoms with Crippen LogP contribution in [0.2, 0.25) is 0 Å². The summed E-state index contributed by atoms with van der Waals surface area (Å²) in [5.41, 5.74) is 2.41. The molecule has 0 atom stereocenters. The van der Waals surface area contributed by atoms with Crippen molar-refractivity contribution in [3.8, 4) is 11.5 Å². The zero-order valence-electron chi connectivity index (χ0n) is 16.0. The van der Waals surface area contributed by atoms with E-state index in [1.54, 1.807) is 7.11 Å². The molecule has 4 heteroatoms. The summed E-state index contributed by atoms with van der Waals surface area (Å²) in [7, 11) is 1.60. The lowest BCUT2D eigenvalue weighted by Crippen LogP contribution is -2.46. The highest BCUT2D eigenvalue weighted by atomic mass is 16.5. The second-order valence-electron chi connectivity index (χ2n) is 6.98. The molecular weight excluding hydrogens is 338 g/mol. The fourth-order valence-electron chi connectivity index (χ4n) is 3.52. The average molecular weight is 365 g/mol. The molecule has 0 saturated heterocycles. The van der Waals surface area contributed by atoms with Crippen molar-refractivity contribution in [2.75, 3.05) is 20.3 Å². The van der Waals surface area contributed by atoms with Gasteiger partial charge in [0.15, 0.2) is 18.1 Å². The lowest BCUT2D eigenvalue weighted by Gasteiger charge is -2.42. The first kappa shape index (κ1) is 19.0. The topological polar surface area (TPSA) is 47.6 Å². The van der Waals surface area contributed by atoms with Gasteiger partial charge < -0.3 is 14.8 Å². The van der Waals surface area contributed by atoms with Gasteiger partial charge in [-0.3, -0.25) is 4.79 Å². The van der Waals surface area contributed by atoms with Crippen LogP contribution in [0.3, 0.4) is 0 Å². The minimum absolute atomic E-state index is 0.0236. The molecule has 1 fully saturated rings. The Hall–Kier alpha value is -2.75. The fraction of sp³-hybridized carbons (Fsp3) is 0.348. The number of rotatable bonds is 8. The van der Waals surface area contributed by atoms with Crippen LogP contribution in [-0.2, 0) is 10.2 Å². The summed E-state index contributed by atoms with van der Waals surface area (Å²) in [6, 6.07) is 16.1. The maximum atomic E-state index is 12.3. The highest BCUT2D eigenvalue weighted by molar-refractivity contribution is 5.77. The first-order valence-electron chi connectivity index (χ1n) is 9.43. The van der Waals surface area contributed by atoms with Crippen LogP contribution < -0.4 is 14.8 Å². The lowest BCUT2D eigenvalue weighted by molar-refractivity contribution is -0.123. The third kappa shape index (κ3) is 4.51. The molecule has 0 radical (unpaired) electrons. The average Bonchev–Trinajstić information content (AvgIpc) is 2.67. The minimum Gasteiger partial charge on any atom is -0.493 e. The molecule has 1 aliphatic rings. The summed E-state index contributed by atoms with van der Waals surface area (Å²) in [5, 5.41) is 3.05.